The number of nitrogens with zero attached hydrogens (tertiary/aromatic N) is 1. The first-order chi connectivity index (χ1) is 5.81. The maximum atomic E-state index is 8.92. The van der Waals surface area contributed by atoms with E-state index < -0.39 is 0 Å². The van der Waals surface area contributed by atoms with Crippen LogP contribution in [0.3, 0.4) is 0 Å². The summed E-state index contributed by atoms with van der Waals surface area (Å²) in [5.41, 5.74) is 1.96. The van der Waals surface area contributed by atoms with Gasteiger partial charge in [0.25, 0.3) is 5.35 Å². The molecular weight excluding hydrogens is 178 g/mol. The first-order valence-corrected chi connectivity index (χ1v) is 3.84. The van der Waals surface area contributed by atoms with E-state index in [4.69, 9.17) is 21.1 Å². The van der Waals surface area contributed by atoms with Gasteiger partial charge in [-0.15, -0.1) is 0 Å². The topological polar surface area (TPSA) is 46.3 Å². The van der Waals surface area contributed by atoms with Crippen molar-refractivity contribution in [1.29, 1.82) is 0 Å². The van der Waals surface area contributed by atoms with Gasteiger partial charge in [-0.25, -0.2) is 0 Å². The lowest BCUT2D eigenvalue weighted by Crippen LogP contribution is -1.83. The van der Waals surface area contributed by atoms with Crippen LogP contribution >= 0.6 is 11.6 Å². The molecule has 2 rings (SSSR count). The molecule has 0 aliphatic rings. The minimum absolute atomic E-state index is 0.0554. The molecule has 0 radical (unpaired) electrons. The van der Waals surface area contributed by atoms with Crippen LogP contribution in [-0.4, -0.2) is 10.1 Å². The van der Waals surface area contributed by atoms with Crippen molar-refractivity contribution in [1.82, 2.24) is 4.98 Å². The lowest BCUT2D eigenvalue weighted by atomic mass is 10.2. The first-order valence-electron chi connectivity index (χ1n) is 3.46. The molecule has 1 heterocycles. The molecule has 12 heavy (non-hydrogen) atoms. The summed E-state index contributed by atoms with van der Waals surface area (Å²) in [5, 5.41) is 9.02. The largest absolute Gasteiger partial charge is 0.428 e. The molecule has 0 aliphatic heterocycles. The van der Waals surface area contributed by atoms with Gasteiger partial charge in [-0.2, -0.15) is 4.98 Å². The summed E-state index contributed by atoms with van der Waals surface area (Å²) in [7, 11) is 0. The third kappa shape index (κ3) is 1.07. The number of oxazole rings is 1. The normalized spacial score (nSPS) is 10.8. The van der Waals surface area contributed by atoms with Crippen molar-refractivity contribution < 1.29 is 9.52 Å². The Labute approximate surface area is 73.6 Å². The summed E-state index contributed by atoms with van der Waals surface area (Å²) in [4.78, 5) is 3.92. The highest BCUT2D eigenvalue weighted by Gasteiger charge is 2.06. The Morgan fingerprint density at radius 2 is 2.33 bits per heavy atom. The predicted octanol–water partition coefficient (Wildman–Crippen LogP) is 1.97. The second kappa shape index (κ2) is 2.77. The van der Waals surface area contributed by atoms with Crippen molar-refractivity contribution in [2.75, 3.05) is 0 Å². The molecule has 0 unspecified atom stereocenters. The fraction of sp³-hybridized carbons (Fsp3) is 0.125. The number of aliphatic hydroxyl groups is 1. The Kier molecular flexibility index (Phi) is 1.75. The number of aliphatic hydroxyl groups excluding tert-OH is 1. The van der Waals surface area contributed by atoms with Gasteiger partial charge in [0.15, 0.2) is 5.58 Å². The van der Waals surface area contributed by atoms with Crippen molar-refractivity contribution in [3.8, 4) is 0 Å². The summed E-state index contributed by atoms with van der Waals surface area (Å²) in [6, 6.07) is 5.32. The van der Waals surface area contributed by atoms with Gasteiger partial charge in [0.1, 0.15) is 5.52 Å². The van der Waals surface area contributed by atoms with Gasteiger partial charge in [0.05, 0.1) is 6.61 Å². The van der Waals surface area contributed by atoms with Gasteiger partial charge in [-0.3, -0.25) is 0 Å². The van der Waals surface area contributed by atoms with Crippen molar-refractivity contribution in [2.45, 2.75) is 6.61 Å². The molecule has 0 bridgehead atoms. The zero-order chi connectivity index (χ0) is 8.55. The number of aromatic nitrogens is 1. The molecule has 62 valence electrons. The number of fused-ring (bicyclic) bond motifs is 1. The van der Waals surface area contributed by atoms with Crippen LogP contribution in [0.25, 0.3) is 11.1 Å². The fourth-order valence-corrected chi connectivity index (χ4v) is 1.27. The highest BCUT2D eigenvalue weighted by molar-refractivity contribution is 6.28. The molecule has 0 spiro atoms. The van der Waals surface area contributed by atoms with Crippen molar-refractivity contribution in [3.05, 3.63) is 29.1 Å². The molecule has 0 atom stereocenters. The number of hydrogen-bond acceptors (Lipinski definition) is 3. The number of rotatable bonds is 1. The van der Waals surface area contributed by atoms with Crippen LogP contribution in [-0.2, 0) is 6.61 Å². The highest BCUT2D eigenvalue weighted by atomic mass is 35.5. The van der Waals surface area contributed by atoms with Crippen LogP contribution in [0.15, 0.2) is 22.6 Å². The predicted molar refractivity (Wildman–Crippen MR) is 44.9 cm³/mol. The molecule has 0 saturated carbocycles. The molecule has 1 aromatic carbocycles. The van der Waals surface area contributed by atoms with Crippen LogP contribution in [0.1, 0.15) is 5.56 Å². The van der Waals surface area contributed by atoms with Gasteiger partial charge in [-0.1, -0.05) is 12.1 Å². The average molecular weight is 184 g/mol. The highest BCUT2D eigenvalue weighted by Crippen LogP contribution is 2.21. The SMILES string of the molecule is OCc1cccc2oc(Cl)nc12. The Hall–Kier alpha value is -1.06. The van der Waals surface area contributed by atoms with E-state index in [-0.39, 0.29) is 12.0 Å². The van der Waals surface area contributed by atoms with E-state index in [0.717, 1.165) is 5.56 Å². The van der Waals surface area contributed by atoms with E-state index >= 15 is 0 Å². The van der Waals surface area contributed by atoms with Crippen molar-refractivity contribution >= 4 is 22.7 Å². The smallest absolute Gasteiger partial charge is 0.293 e. The third-order valence-electron chi connectivity index (χ3n) is 1.65. The lowest BCUT2D eigenvalue weighted by molar-refractivity contribution is 0.283. The van der Waals surface area contributed by atoms with E-state index in [9.17, 15) is 0 Å². The molecule has 1 N–H and O–H groups in total. The summed E-state index contributed by atoms with van der Waals surface area (Å²) in [5.74, 6) is 0. The van der Waals surface area contributed by atoms with Crippen LogP contribution in [0.4, 0.5) is 0 Å². The third-order valence-corrected chi connectivity index (χ3v) is 1.81. The Bertz CT molecular complexity index is 410. The molecule has 0 aliphatic carbocycles. The quantitative estimate of drug-likeness (QED) is 0.735. The van der Waals surface area contributed by atoms with Gasteiger partial charge in [0.2, 0.25) is 0 Å². The van der Waals surface area contributed by atoms with Crippen LogP contribution < -0.4 is 0 Å². The average Bonchev–Trinajstić information content (AvgIpc) is 2.44. The molecular formula is C8H6ClNO2. The van der Waals surface area contributed by atoms with Crippen LogP contribution in [0.2, 0.25) is 5.35 Å². The van der Waals surface area contributed by atoms with E-state index in [1.165, 1.54) is 0 Å². The van der Waals surface area contributed by atoms with Gasteiger partial charge in [0, 0.05) is 5.56 Å². The van der Waals surface area contributed by atoms with Crippen molar-refractivity contribution in [2.24, 2.45) is 0 Å². The van der Waals surface area contributed by atoms with Gasteiger partial charge >= 0.3 is 0 Å². The monoisotopic (exact) mass is 183 g/mol. The zero-order valence-corrected chi connectivity index (χ0v) is 6.88. The number of benzene rings is 1. The number of halogens is 1. The van der Waals surface area contributed by atoms with E-state index in [0.29, 0.717) is 11.1 Å². The Morgan fingerprint density at radius 1 is 1.50 bits per heavy atom. The van der Waals surface area contributed by atoms with Gasteiger partial charge in [-0.05, 0) is 17.7 Å². The minimum Gasteiger partial charge on any atom is -0.428 e. The summed E-state index contributed by atoms with van der Waals surface area (Å²) < 4.78 is 5.05. The molecule has 0 amide bonds. The standard InChI is InChI=1S/C8H6ClNO2/c9-8-10-7-5(4-11)2-1-3-6(7)12-8/h1-3,11H,4H2. The fourth-order valence-electron chi connectivity index (χ4n) is 1.11. The van der Waals surface area contributed by atoms with Crippen LogP contribution in [0.5, 0.6) is 0 Å². The molecule has 1 aromatic heterocycles. The molecule has 2 aromatic rings. The van der Waals surface area contributed by atoms with E-state index in [2.05, 4.69) is 4.98 Å². The van der Waals surface area contributed by atoms with Gasteiger partial charge < -0.3 is 9.52 Å². The molecule has 0 fully saturated rings. The lowest BCUT2D eigenvalue weighted by Gasteiger charge is -1.93. The first kappa shape index (κ1) is 7.58. The van der Waals surface area contributed by atoms with E-state index in [1.54, 1.807) is 18.2 Å². The molecule has 3 nitrogen and oxygen atoms in total. The van der Waals surface area contributed by atoms with Crippen molar-refractivity contribution in [3.63, 3.8) is 0 Å². The summed E-state index contributed by atoms with van der Waals surface area (Å²) in [6.07, 6.45) is 0. The summed E-state index contributed by atoms with van der Waals surface area (Å²) >= 11 is 5.55. The zero-order valence-electron chi connectivity index (χ0n) is 6.12. The summed E-state index contributed by atoms with van der Waals surface area (Å²) in [6.45, 7) is -0.0554. The second-order valence-electron chi connectivity index (χ2n) is 2.39. The number of para-hydroxylation sites is 1. The minimum atomic E-state index is -0.0554. The second-order valence-corrected chi connectivity index (χ2v) is 2.71. The Morgan fingerprint density at radius 3 is 3.08 bits per heavy atom. The maximum absolute atomic E-state index is 8.92. The number of hydrogen-bond donors (Lipinski definition) is 1. The molecule has 4 heteroatoms. The van der Waals surface area contributed by atoms with E-state index in [1.807, 2.05) is 0 Å². The molecule has 0 saturated heterocycles. The maximum Gasteiger partial charge on any atom is 0.293 e. The van der Waals surface area contributed by atoms with Crippen LogP contribution in [0, 0.1) is 0 Å². The Balaban J connectivity index is 2.78.